The van der Waals surface area contributed by atoms with Crippen molar-refractivity contribution in [1.82, 2.24) is 0 Å². The fourth-order valence-corrected chi connectivity index (χ4v) is 0.840. The molecule has 1 aromatic rings. The molecule has 2 nitrogen and oxygen atoms in total. The van der Waals surface area contributed by atoms with Crippen molar-refractivity contribution in [3.63, 3.8) is 0 Å². The molecule has 50 valence electrons. The molecule has 0 aliphatic heterocycles. The molecule has 0 aromatic carbocycles. The molecular formula is C7H10O2. The quantitative estimate of drug-likeness (QED) is 0.616. The molecule has 9 heavy (non-hydrogen) atoms. The largest absolute Gasteiger partial charge is 0.466 e. The van der Waals surface area contributed by atoms with Gasteiger partial charge in [-0.15, -0.1) is 0 Å². The SMILES string of the molecule is Cc1cc(CO)c(C)o1. The Labute approximate surface area is 54.1 Å². The Bertz CT molecular complexity index is 201. The van der Waals surface area contributed by atoms with E-state index in [-0.39, 0.29) is 6.61 Å². The first-order chi connectivity index (χ1) is 4.24. The van der Waals surface area contributed by atoms with Gasteiger partial charge in [0.25, 0.3) is 0 Å². The lowest BCUT2D eigenvalue weighted by Gasteiger charge is -1.86. The summed E-state index contributed by atoms with van der Waals surface area (Å²) >= 11 is 0. The molecule has 2 heteroatoms. The van der Waals surface area contributed by atoms with E-state index in [0.29, 0.717) is 0 Å². The molecule has 0 spiro atoms. The summed E-state index contributed by atoms with van der Waals surface area (Å²) in [5.41, 5.74) is 0.882. The highest BCUT2D eigenvalue weighted by molar-refractivity contribution is 5.18. The van der Waals surface area contributed by atoms with Crippen molar-refractivity contribution < 1.29 is 9.52 Å². The summed E-state index contributed by atoms with van der Waals surface area (Å²) < 4.78 is 5.15. The highest BCUT2D eigenvalue weighted by atomic mass is 16.3. The lowest BCUT2D eigenvalue weighted by molar-refractivity contribution is 0.279. The van der Waals surface area contributed by atoms with Crippen LogP contribution in [0.5, 0.6) is 0 Å². The highest BCUT2D eigenvalue weighted by Crippen LogP contribution is 2.12. The van der Waals surface area contributed by atoms with Crippen LogP contribution < -0.4 is 0 Å². The normalized spacial score (nSPS) is 10.1. The molecule has 0 fully saturated rings. The zero-order chi connectivity index (χ0) is 6.85. The fourth-order valence-electron chi connectivity index (χ4n) is 0.840. The van der Waals surface area contributed by atoms with Gasteiger partial charge in [0.2, 0.25) is 0 Å². The van der Waals surface area contributed by atoms with E-state index in [2.05, 4.69) is 0 Å². The van der Waals surface area contributed by atoms with E-state index < -0.39 is 0 Å². The number of aliphatic hydroxyl groups is 1. The summed E-state index contributed by atoms with van der Waals surface area (Å²) in [5.74, 6) is 1.67. The summed E-state index contributed by atoms with van der Waals surface area (Å²) in [6.45, 7) is 3.79. The van der Waals surface area contributed by atoms with Crippen LogP contribution in [0.3, 0.4) is 0 Å². The van der Waals surface area contributed by atoms with Gasteiger partial charge in [0.1, 0.15) is 11.5 Å². The van der Waals surface area contributed by atoms with Gasteiger partial charge in [-0.1, -0.05) is 0 Å². The Hall–Kier alpha value is -0.760. The zero-order valence-electron chi connectivity index (χ0n) is 5.64. The van der Waals surface area contributed by atoms with E-state index in [1.54, 1.807) is 0 Å². The molecule has 0 aliphatic carbocycles. The average Bonchev–Trinajstić information content (AvgIpc) is 2.10. The Balaban J connectivity index is 3.01. The summed E-state index contributed by atoms with van der Waals surface area (Å²) in [4.78, 5) is 0. The minimum Gasteiger partial charge on any atom is -0.466 e. The molecule has 1 rings (SSSR count). The van der Waals surface area contributed by atoms with Crippen molar-refractivity contribution in [2.45, 2.75) is 20.5 Å². The molecule has 0 radical (unpaired) electrons. The molecule has 0 atom stereocenters. The number of hydrogen-bond acceptors (Lipinski definition) is 2. The predicted octanol–water partition coefficient (Wildman–Crippen LogP) is 1.39. The van der Waals surface area contributed by atoms with Gasteiger partial charge in [-0.3, -0.25) is 0 Å². The summed E-state index contributed by atoms with van der Waals surface area (Å²) in [6, 6.07) is 1.84. The van der Waals surface area contributed by atoms with E-state index in [1.165, 1.54) is 0 Å². The van der Waals surface area contributed by atoms with Crippen LogP contribution in [0.25, 0.3) is 0 Å². The van der Waals surface area contributed by atoms with Crippen molar-refractivity contribution >= 4 is 0 Å². The molecule has 0 bridgehead atoms. The third-order valence-electron chi connectivity index (χ3n) is 1.31. The maximum atomic E-state index is 8.67. The second-order valence-electron chi connectivity index (χ2n) is 2.10. The molecule has 0 unspecified atom stereocenters. The van der Waals surface area contributed by atoms with Crippen molar-refractivity contribution in [3.05, 3.63) is 23.2 Å². The average molecular weight is 126 g/mol. The van der Waals surface area contributed by atoms with Gasteiger partial charge >= 0.3 is 0 Å². The Morgan fingerprint density at radius 2 is 2.22 bits per heavy atom. The molecule has 0 saturated carbocycles. The Morgan fingerprint density at radius 3 is 2.44 bits per heavy atom. The van der Waals surface area contributed by atoms with Crippen LogP contribution in [0.2, 0.25) is 0 Å². The number of rotatable bonds is 1. The lowest BCUT2D eigenvalue weighted by Crippen LogP contribution is -1.79. The Morgan fingerprint density at radius 1 is 1.56 bits per heavy atom. The van der Waals surface area contributed by atoms with Gasteiger partial charge < -0.3 is 9.52 Å². The maximum Gasteiger partial charge on any atom is 0.106 e. The lowest BCUT2D eigenvalue weighted by atomic mass is 10.3. The fraction of sp³-hybridized carbons (Fsp3) is 0.429. The molecule has 0 amide bonds. The number of hydrogen-bond donors (Lipinski definition) is 1. The van der Waals surface area contributed by atoms with Crippen LogP contribution in [-0.2, 0) is 6.61 Å². The predicted molar refractivity (Wildman–Crippen MR) is 34.1 cm³/mol. The Kier molecular flexibility index (Phi) is 1.58. The smallest absolute Gasteiger partial charge is 0.106 e. The van der Waals surface area contributed by atoms with Crippen LogP contribution in [0.4, 0.5) is 0 Å². The van der Waals surface area contributed by atoms with E-state index in [4.69, 9.17) is 9.52 Å². The topological polar surface area (TPSA) is 33.4 Å². The molecule has 1 aromatic heterocycles. The third kappa shape index (κ3) is 1.13. The van der Waals surface area contributed by atoms with Crippen LogP contribution in [0.1, 0.15) is 17.1 Å². The summed E-state index contributed by atoms with van der Waals surface area (Å²) in [5, 5.41) is 8.67. The maximum absolute atomic E-state index is 8.67. The van der Waals surface area contributed by atoms with Gasteiger partial charge in [-0.2, -0.15) is 0 Å². The van der Waals surface area contributed by atoms with Crippen LogP contribution in [0.15, 0.2) is 10.5 Å². The van der Waals surface area contributed by atoms with Crippen molar-refractivity contribution in [3.8, 4) is 0 Å². The minimum atomic E-state index is 0.0726. The monoisotopic (exact) mass is 126 g/mol. The van der Waals surface area contributed by atoms with Gasteiger partial charge in [-0.25, -0.2) is 0 Å². The number of aryl methyl sites for hydroxylation is 2. The summed E-state index contributed by atoms with van der Waals surface area (Å²) in [7, 11) is 0. The summed E-state index contributed by atoms with van der Waals surface area (Å²) in [6.07, 6.45) is 0. The van der Waals surface area contributed by atoms with Crippen LogP contribution in [0, 0.1) is 13.8 Å². The van der Waals surface area contributed by atoms with E-state index in [0.717, 1.165) is 17.1 Å². The van der Waals surface area contributed by atoms with E-state index in [1.807, 2.05) is 19.9 Å². The van der Waals surface area contributed by atoms with Crippen molar-refractivity contribution in [2.24, 2.45) is 0 Å². The van der Waals surface area contributed by atoms with Crippen LogP contribution in [-0.4, -0.2) is 5.11 Å². The first kappa shape index (κ1) is 6.36. The minimum absolute atomic E-state index is 0.0726. The van der Waals surface area contributed by atoms with E-state index in [9.17, 15) is 0 Å². The molecule has 0 saturated heterocycles. The van der Waals surface area contributed by atoms with Gasteiger partial charge in [0, 0.05) is 5.56 Å². The number of furan rings is 1. The second-order valence-corrected chi connectivity index (χ2v) is 2.10. The highest BCUT2D eigenvalue weighted by Gasteiger charge is 2.00. The first-order valence-corrected chi connectivity index (χ1v) is 2.91. The zero-order valence-corrected chi connectivity index (χ0v) is 5.64. The third-order valence-corrected chi connectivity index (χ3v) is 1.31. The first-order valence-electron chi connectivity index (χ1n) is 2.91. The standard InChI is InChI=1S/C7H10O2/c1-5-3-7(4-8)6(2)9-5/h3,8H,4H2,1-2H3. The molecule has 0 aliphatic rings. The molecule has 1 heterocycles. The van der Waals surface area contributed by atoms with Crippen molar-refractivity contribution in [1.29, 1.82) is 0 Å². The molecule has 1 N–H and O–H groups in total. The number of aliphatic hydroxyl groups excluding tert-OH is 1. The van der Waals surface area contributed by atoms with Crippen molar-refractivity contribution in [2.75, 3.05) is 0 Å². The molecular weight excluding hydrogens is 116 g/mol. The second kappa shape index (κ2) is 2.23. The van der Waals surface area contributed by atoms with Gasteiger partial charge in [-0.05, 0) is 19.9 Å². The van der Waals surface area contributed by atoms with Gasteiger partial charge in [0.15, 0.2) is 0 Å². The van der Waals surface area contributed by atoms with Gasteiger partial charge in [0.05, 0.1) is 6.61 Å². The van der Waals surface area contributed by atoms with E-state index >= 15 is 0 Å². The van der Waals surface area contributed by atoms with Crippen LogP contribution >= 0.6 is 0 Å².